The lowest BCUT2D eigenvalue weighted by Crippen LogP contribution is -2.13. The van der Waals surface area contributed by atoms with E-state index in [1.165, 1.54) is 4.68 Å². The summed E-state index contributed by atoms with van der Waals surface area (Å²) in [7, 11) is 1.67. The molecule has 0 N–H and O–H groups in total. The molecule has 0 aromatic carbocycles. The Bertz CT molecular complexity index is 382. The normalized spacial score (nSPS) is 11.8. The highest BCUT2D eigenvalue weighted by atomic mass is 19.4. The van der Waals surface area contributed by atoms with Gasteiger partial charge >= 0.3 is 6.18 Å². The van der Waals surface area contributed by atoms with Crippen molar-refractivity contribution in [2.75, 3.05) is 0 Å². The predicted octanol–water partition coefficient (Wildman–Crippen LogP) is 2.18. The van der Waals surface area contributed by atoms with Gasteiger partial charge in [-0.15, -0.1) is 0 Å². The number of alkyl halides is 3. The van der Waals surface area contributed by atoms with Crippen molar-refractivity contribution in [1.29, 1.82) is 0 Å². The van der Waals surface area contributed by atoms with Crippen LogP contribution in [0.5, 0.6) is 0 Å². The van der Waals surface area contributed by atoms with Crippen LogP contribution in [0.2, 0.25) is 0 Å². The van der Waals surface area contributed by atoms with E-state index in [1.54, 1.807) is 20.0 Å². The van der Waals surface area contributed by atoms with Crippen LogP contribution in [-0.2, 0) is 18.3 Å². The third kappa shape index (κ3) is 4.04. The van der Waals surface area contributed by atoms with Crippen molar-refractivity contribution in [2.45, 2.75) is 32.4 Å². The molecule has 0 atom stereocenters. The number of aromatic nitrogens is 2. The summed E-state index contributed by atoms with van der Waals surface area (Å²) in [6, 6.07) is 1.70. The fourth-order valence-corrected chi connectivity index (χ4v) is 1.40. The molecule has 0 saturated heterocycles. The highest BCUT2D eigenvalue weighted by Gasteiger charge is 2.27. The van der Waals surface area contributed by atoms with E-state index in [-0.39, 0.29) is 6.42 Å². The van der Waals surface area contributed by atoms with Gasteiger partial charge in [0, 0.05) is 25.6 Å². The number of carbonyl (C=O) groups excluding carboxylic acids is 1. The molecular formula is C10H13F3N2O. The standard InChI is InChI=1S/C10H13F3N2O/c1-7-5-8(15(2)14-7)6-9(16)3-4-10(11,12)13/h5H,3-4,6H2,1-2H3. The number of carbonyl (C=O) groups is 1. The summed E-state index contributed by atoms with van der Waals surface area (Å²) in [5.41, 5.74) is 1.39. The van der Waals surface area contributed by atoms with Crippen molar-refractivity contribution in [3.8, 4) is 0 Å². The largest absolute Gasteiger partial charge is 0.389 e. The third-order valence-electron chi connectivity index (χ3n) is 2.16. The Kier molecular flexibility index (Phi) is 3.72. The summed E-state index contributed by atoms with van der Waals surface area (Å²) >= 11 is 0. The fraction of sp³-hybridized carbons (Fsp3) is 0.600. The van der Waals surface area contributed by atoms with Crippen LogP contribution in [0.15, 0.2) is 6.07 Å². The molecule has 0 radical (unpaired) electrons. The molecule has 1 aromatic rings. The molecule has 0 bridgehead atoms. The molecule has 0 aliphatic carbocycles. The highest BCUT2D eigenvalue weighted by Crippen LogP contribution is 2.21. The van der Waals surface area contributed by atoms with E-state index in [0.717, 1.165) is 5.69 Å². The second-order valence-electron chi connectivity index (χ2n) is 3.73. The monoisotopic (exact) mass is 234 g/mol. The molecule has 0 aliphatic rings. The molecule has 0 saturated carbocycles. The predicted molar refractivity (Wildman–Crippen MR) is 51.9 cm³/mol. The van der Waals surface area contributed by atoms with E-state index in [9.17, 15) is 18.0 Å². The molecule has 0 aliphatic heterocycles. The van der Waals surface area contributed by atoms with Gasteiger partial charge in [-0.2, -0.15) is 18.3 Å². The van der Waals surface area contributed by atoms with Gasteiger partial charge in [0.25, 0.3) is 0 Å². The number of hydrogen-bond donors (Lipinski definition) is 0. The van der Waals surface area contributed by atoms with Crippen molar-refractivity contribution < 1.29 is 18.0 Å². The quantitative estimate of drug-likeness (QED) is 0.800. The van der Waals surface area contributed by atoms with Gasteiger partial charge in [0.15, 0.2) is 0 Å². The Morgan fingerprint density at radius 3 is 2.56 bits per heavy atom. The molecule has 1 heterocycles. The minimum atomic E-state index is -4.27. The van der Waals surface area contributed by atoms with Crippen LogP contribution in [0.4, 0.5) is 13.2 Å². The highest BCUT2D eigenvalue weighted by molar-refractivity contribution is 5.80. The maximum Gasteiger partial charge on any atom is 0.389 e. The first-order valence-electron chi connectivity index (χ1n) is 4.86. The number of Topliss-reactive ketones (excluding diaryl/α,β-unsaturated/α-hetero) is 1. The molecule has 6 heteroatoms. The van der Waals surface area contributed by atoms with Gasteiger partial charge in [-0.25, -0.2) is 0 Å². The Morgan fingerprint density at radius 2 is 2.12 bits per heavy atom. The van der Waals surface area contributed by atoms with E-state index < -0.39 is 24.8 Å². The average molecular weight is 234 g/mol. The average Bonchev–Trinajstić information content (AvgIpc) is 2.41. The third-order valence-corrected chi connectivity index (χ3v) is 2.16. The summed E-state index contributed by atoms with van der Waals surface area (Å²) < 4.78 is 37.1. The SMILES string of the molecule is Cc1cc(CC(=O)CCC(F)(F)F)n(C)n1. The topological polar surface area (TPSA) is 34.9 Å². The first-order valence-corrected chi connectivity index (χ1v) is 4.86. The zero-order valence-electron chi connectivity index (χ0n) is 9.14. The van der Waals surface area contributed by atoms with Crippen molar-refractivity contribution in [3.63, 3.8) is 0 Å². The Morgan fingerprint density at radius 1 is 1.50 bits per heavy atom. The zero-order chi connectivity index (χ0) is 12.3. The number of aryl methyl sites for hydroxylation is 2. The zero-order valence-corrected chi connectivity index (χ0v) is 9.14. The van der Waals surface area contributed by atoms with Crippen LogP contribution >= 0.6 is 0 Å². The summed E-state index contributed by atoms with van der Waals surface area (Å²) in [6.45, 7) is 1.77. The van der Waals surface area contributed by atoms with E-state index in [1.807, 2.05) is 0 Å². The first kappa shape index (κ1) is 12.7. The van der Waals surface area contributed by atoms with Gasteiger partial charge in [-0.1, -0.05) is 0 Å². The van der Waals surface area contributed by atoms with Gasteiger partial charge in [0.05, 0.1) is 12.1 Å². The number of hydrogen-bond acceptors (Lipinski definition) is 2. The van der Waals surface area contributed by atoms with Crippen LogP contribution in [0, 0.1) is 6.92 Å². The van der Waals surface area contributed by atoms with Crippen LogP contribution in [0.25, 0.3) is 0 Å². The van der Waals surface area contributed by atoms with Crippen molar-refractivity contribution in [1.82, 2.24) is 9.78 Å². The molecule has 3 nitrogen and oxygen atoms in total. The first-order chi connectivity index (χ1) is 7.28. The van der Waals surface area contributed by atoms with E-state index in [4.69, 9.17) is 0 Å². The lowest BCUT2D eigenvalue weighted by atomic mass is 10.1. The number of rotatable bonds is 4. The molecular weight excluding hydrogens is 221 g/mol. The Labute approximate surface area is 91.3 Å². The molecule has 0 spiro atoms. The van der Waals surface area contributed by atoms with Crippen LogP contribution < -0.4 is 0 Å². The minimum absolute atomic E-state index is 0.00736. The molecule has 0 fully saturated rings. The molecule has 1 aromatic heterocycles. The summed E-state index contributed by atoms with van der Waals surface area (Å²) in [6.07, 6.45) is -5.78. The molecule has 90 valence electrons. The van der Waals surface area contributed by atoms with Crippen molar-refractivity contribution >= 4 is 5.78 Å². The summed E-state index contributed by atoms with van der Waals surface area (Å²) in [4.78, 5) is 11.3. The molecule has 0 unspecified atom stereocenters. The van der Waals surface area contributed by atoms with Crippen LogP contribution in [0.3, 0.4) is 0 Å². The van der Waals surface area contributed by atoms with E-state index >= 15 is 0 Å². The van der Waals surface area contributed by atoms with Gasteiger partial charge in [0.2, 0.25) is 0 Å². The second kappa shape index (κ2) is 4.67. The molecule has 16 heavy (non-hydrogen) atoms. The number of nitrogens with zero attached hydrogens (tertiary/aromatic N) is 2. The summed E-state index contributed by atoms with van der Waals surface area (Å²) in [5, 5.41) is 4.02. The van der Waals surface area contributed by atoms with Gasteiger partial charge in [0.1, 0.15) is 5.78 Å². The smallest absolute Gasteiger partial charge is 0.299 e. The van der Waals surface area contributed by atoms with Crippen LogP contribution in [0.1, 0.15) is 24.2 Å². The number of halogens is 3. The Hall–Kier alpha value is -1.33. The fourth-order valence-electron chi connectivity index (χ4n) is 1.40. The number of ketones is 1. The maximum atomic E-state index is 11.9. The maximum absolute atomic E-state index is 11.9. The van der Waals surface area contributed by atoms with Crippen molar-refractivity contribution in [3.05, 3.63) is 17.5 Å². The molecule has 0 amide bonds. The van der Waals surface area contributed by atoms with Crippen molar-refractivity contribution in [2.24, 2.45) is 7.05 Å². The van der Waals surface area contributed by atoms with E-state index in [0.29, 0.717) is 5.69 Å². The lowest BCUT2D eigenvalue weighted by Gasteiger charge is -2.05. The molecule has 1 rings (SSSR count). The van der Waals surface area contributed by atoms with Gasteiger partial charge in [-0.05, 0) is 13.0 Å². The van der Waals surface area contributed by atoms with Gasteiger partial charge in [-0.3, -0.25) is 9.48 Å². The van der Waals surface area contributed by atoms with Gasteiger partial charge < -0.3 is 0 Å². The summed E-state index contributed by atoms with van der Waals surface area (Å²) in [5.74, 6) is -0.416. The van der Waals surface area contributed by atoms with Crippen LogP contribution in [-0.4, -0.2) is 21.7 Å². The lowest BCUT2D eigenvalue weighted by molar-refractivity contribution is -0.143. The minimum Gasteiger partial charge on any atom is -0.299 e. The second-order valence-corrected chi connectivity index (χ2v) is 3.73. The Balaban J connectivity index is 2.49. The van der Waals surface area contributed by atoms with E-state index in [2.05, 4.69) is 5.10 Å².